The first-order chi connectivity index (χ1) is 14.0. The summed E-state index contributed by atoms with van der Waals surface area (Å²) in [4.78, 5) is 25.8. The monoisotopic (exact) mass is 397 g/mol. The van der Waals surface area contributed by atoms with Crippen molar-refractivity contribution in [3.8, 4) is 0 Å². The lowest BCUT2D eigenvalue weighted by Crippen LogP contribution is -3.11. The molecule has 3 rings (SSSR count). The highest BCUT2D eigenvalue weighted by Crippen LogP contribution is 2.32. The summed E-state index contributed by atoms with van der Waals surface area (Å²) < 4.78 is 5.58. The Labute approximate surface area is 171 Å². The van der Waals surface area contributed by atoms with Gasteiger partial charge in [-0.25, -0.2) is 5.01 Å². The fourth-order valence-corrected chi connectivity index (χ4v) is 3.37. The molecule has 0 saturated heterocycles. The maximum absolute atomic E-state index is 13.0. The highest BCUT2D eigenvalue weighted by atomic mass is 16.3. The molecule has 0 bridgehead atoms. The van der Waals surface area contributed by atoms with Crippen LogP contribution in [0.4, 0.5) is 0 Å². The Bertz CT molecular complexity index is 859. The number of carbonyl (C=O) groups excluding carboxylic acids is 2. The van der Waals surface area contributed by atoms with Gasteiger partial charge in [0.15, 0.2) is 13.1 Å². The first-order valence-corrected chi connectivity index (χ1v) is 10.1. The number of hydrazone groups is 1. The fraction of sp³-hybridized carbons (Fsp3) is 0.409. The normalized spacial score (nSPS) is 17.1. The predicted molar refractivity (Wildman–Crippen MR) is 111 cm³/mol. The number of hydrogen-bond acceptors (Lipinski definition) is 4. The molecule has 7 heteroatoms. The van der Waals surface area contributed by atoms with Crippen LogP contribution in [0.15, 0.2) is 52.2 Å². The number of carbonyl (C=O) groups is 2. The molecule has 1 aliphatic rings. The maximum atomic E-state index is 13.0. The highest BCUT2D eigenvalue weighted by Gasteiger charge is 2.36. The van der Waals surface area contributed by atoms with Crippen LogP contribution in [0.1, 0.15) is 42.7 Å². The lowest BCUT2D eigenvalue weighted by molar-refractivity contribution is -0.863. The molecule has 0 fully saturated rings. The molecular formula is C22H29N4O3+. The highest BCUT2D eigenvalue weighted by molar-refractivity contribution is 6.03. The van der Waals surface area contributed by atoms with Crippen LogP contribution >= 0.6 is 0 Å². The van der Waals surface area contributed by atoms with Crippen molar-refractivity contribution in [1.82, 2.24) is 10.3 Å². The van der Waals surface area contributed by atoms with Gasteiger partial charge < -0.3 is 14.6 Å². The number of benzene rings is 1. The topological polar surface area (TPSA) is 79.4 Å². The number of likely N-dealkylation sites (N-methyl/N-ethyl adjacent to an activating group) is 1. The summed E-state index contributed by atoms with van der Waals surface area (Å²) in [6, 6.07) is 11.5. The second-order valence-corrected chi connectivity index (χ2v) is 7.55. The molecule has 2 atom stereocenters. The molecule has 1 aromatic carbocycles. The summed E-state index contributed by atoms with van der Waals surface area (Å²) in [5.74, 6) is 0.529. The minimum absolute atomic E-state index is 0.0509. The van der Waals surface area contributed by atoms with E-state index in [2.05, 4.69) is 10.4 Å². The van der Waals surface area contributed by atoms with Crippen molar-refractivity contribution in [2.24, 2.45) is 5.10 Å². The Hall–Kier alpha value is -2.93. The van der Waals surface area contributed by atoms with E-state index in [0.717, 1.165) is 22.6 Å². The van der Waals surface area contributed by atoms with Gasteiger partial charge in [0.2, 0.25) is 0 Å². The van der Waals surface area contributed by atoms with E-state index in [4.69, 9.17) is 4.42 Å². The molecule has 0 saturated carbocycles. The maximum Gasteiger partial charge on any atom is 0.298 e. The van der Waals surface area contributed by atoms with Crippen LogP contribution in [0.2, 0.25) is 0 Å². The number of quaternary nitrogens is 1. The van der Waals surface area contributed by atoms with Crippen LogP contribution in [0, 0.1) is 6.92 Å². The lowest BCUT2D eigenvalue weighted by atomic mass is 10.0. The molecule has 2 N–H and O–H groups in total. The molecule has 0 spiro atoms. The molecule has 1 aromatic heterocycles. The number of amides is 2. The number of aryl methyl sites for hydroxylation is 1. The summed E-state index contributed by atoms with van der Waals surface area (Å²) in [7, 11) is 1.84. The third-order valence-electron chi connectivity index (χ3n) is 4.91. The quantitative estimate of drug-likeness (QED) is 0.705. The second-order valence-electron chi connectivity index (χ2n) is 7.55. The van der Waals surface area contributed by atoms with Gasteiger partial charge in [0.05, 0.1) is 19.0 Å². The van der Waals surface area contributed by atoms with E-state index in [-0.39, 0.29) is 30.9 Å². The second kappa shape index (κ2) is 9.52. The molecule has 2 amide bonds. The summed E-state index contributed by atoms with van der Waals surface area (Å²) >= 11 is 0. The fourth-order valence-electron chi connectivity index (χ4n) is 3.37. The number of nitrogens with one attached hydrogen (secondary N) is 2. The lowest BCUT2D eigenvalue weighted by Gasteiger charge is -2.21. The molecule has 2 heterocycles. The van der Waals surface area contributed by atoms with Gasteiger partial charge in [0.25, 0.3) is 11.8 Å². The minimum Gasteiger partial charge on any atom is -0.467 e. The average Bonchev–Trinajstić information content (AvgIpc) is 3.36. The first-order valence-electron chi connectivity index (χ1n) is 10.1. The Morgan fingerprint density at radius 1 is 1.24 bits per heavy atom. The molecular weight excluding hydrogens is 368 g/mol. The summed E-state index contributed by atoms with van der Waals surface area (Å²) in [5.41, 5.74) is 3.04. The third-order valence-corrected chi connectivity index (χ3v) is 4.91. The molecule has 1 unspecified atom stereocenters. The van der Waals surface area contributed by atoms with E-state index in [0.29, 0.717) is 18.7 Å². The van der Waals surface area contributed by atoms with Crippen LogP contribution < -0.4 is 10.2 Å². The Balaban J connectivity index is 1.73. The van der Waals surface area contributed by atoms with Crippen molar-refractivity contribution in [3.05, 3.63) is 59.5 Å². The van der Waals surface area contributed by atoms with Crippen LogP contribution in [0.3, 0.4) is 0 Å². The van der Waals surface area contributed by atoms with Crippen molar-refractivity contribution in [3.63, 3.8) is 0 Å². The molecule has 2 aromatic rings. The minimum atomic E-state index is -0.268. The molecule has 1 aliphatic heterocycles. The van der Waals surface area contributed by atoms with Gasteiger partial charge in [0.1, 0.15) is 11.8 Å². The van der Waals surface area contributed by atoms with Gasteiger partial charge in [-0.05, 0) is 31.0 Å². The van der Waals surface area contributed by atoms with Crippen molar-refractivity contribution >= 4 is 17.5 Å². The first kappa shape index (κ1) is 20.8. The van der Waals surface area contributed by atoms with Crippen LogP contribution in [0.25, 0.3) is 0 Å². The Morgan fingerprint density at radius 3 is 2.66 bits per heavy atom. The Kier molecular flexibility index (Phi) is 6.82. The standard InChI is InChI=1S/C22H28N4O3/c1-4-11-23-21(27)14-25(3)15-22(28)26-19(20-6-5-12-29-20)13-18(24-26)17-9-7-16(2)8-10-17/h5-10,12,19H,4,11,13-15H2,1-3H3,(H,23,27)/p+1/t19-/m1/s1. The summed E-state index contributed by atoms with van der Waals surface area (Å²) in [6.07, 6.45) is 3.09. The van der Waals surface area contributed by atoms with E-state index < -0.39 is 0 Å². The van der Waals surface area contributed by atoms with Gasteiger partial charge in [-0.3, -0.25) is 9.59 Å². The largest absolute Gasteiger partial charge is 0.467 e. The number of furan rings is 1. The molecule has 0 radical (unpaired) electrons. The van der Waals surface area contributed by atoms with Crippen molar-refractivity contribution in [1.29, 1.82) is 0 Å². The number of nitrogens with zero attached hydrogens (tertiary/aromatic N) is 2. The smallest absolute Gasteiger partial charge is 0.298 e. The van der Waals surface area contributed by atoms with E-state index in [9.17, 15) is 9.59 Å². The van der Waals surface area contributed by atoms with Crippen LogP contribution in [-0.4, -0.2) is 49.2 Å². The average molecular weight is 397 g/mol. The van der Waals surface area contributed by atoms with Crippen molar-refractivity contribution in [2.75, 3.05) is 26.7 Å². The molecule has 0 aliphatic carbocycles. The zero-order valence-electron chi connectivity index (χ0n) is 17.3. The molecule has 7 nitrogen and oxygen atoms in total. The van der Waals surface area contributed by atoms with E-state index >= 15 is 0 Å². The zero-order valence-corrected chi connectivity index (χ0v) is 17.3. The Morgan fingerprint density at radius 2 is 2.00 bits per heavy atom. The van der Waals surface area contributed by atoms with Crippen molar-refractivity contribution < 1.29 is 18.9 Å². The summed E-state index contributed by atoms with van der Waals surface area (Å²) in [6.45, 7) is 5.13. The number of hydrogen-bond donors (Lipinski definition) is 2. The van der Waals surface area contributed by atoms with Gasteiger partial charge in [-0.15, -0.1) is 0 Å². The predicted octanol–water partition coefficient (Wildman–Crippen LogP) is 1.31. The zero-order chi connectivity index (χ0) is 20.8. The van der Waals surface area contributed by atoms with E-state index in [1.54, 1.807) is 6.26 Å². The van der Waals surface area contributed by atoms with Crippen molar-refractivity contribution in [2.45, 2.75) is 32.7 Å². The van der Waals surface area contributed by atoms with Crippen LogP contribution in [-0.2, 0) is 9.59 Å². The summed E-state index contributed by atoms with van der Waals surface area (Å²) in [5, 5.41) is 8.99. The molecule has 29 heavy (non-hydrogen) atoms. The molecule has 154 valence electrons. The van der Waals surface area contributed by atoms with Crippen LogP contribution in [0.5, 0.6) is 0 Å². The van der Waals surface area contributed by atoms with Gasteiger partial charge in [-0.1, -0.05) is 36.8 Å². The van der Waals surface area contributed by atoms with Gasteiger partial charge in [0, 0.05) is 13.0 Å². The third kappa shape index (κ3) is 5.32. The SMILES string of the molecule is CCCNC(=O)C[NH+](C)CC(=O)N1N=C(c2ccc(C)cc2)C[C@@H]1c1ccco1. The van der Waals surface area contributed by atoms with Gasteiger partial charge >= 0.3 is 0 Å². The number of rotatable bonds is 8. The van der Waals surface area contributed by atoms with E-state index in [1.807, 2.05) is 57.3 Å². The van der Waals surface area contributed by atoms with E-state index in [1.165, 1.54) is 10.6 Å². The van der Waals surface area contributed by atoms with Gasteiger partial charge in [-0.2, -0.15) is 5.10 Å².